The first-order chi connectivity index (χ1) is 31.5. The van der Waals surface area contributed by atoms with Gasteiger partial charge < -0.3 is 19.3 Å². The molecular formula is C58H52BN5O. The minimum Gasteiger partial charge on any atom is -0.457 e. The molecule has 3 aliphatic heterocycles. The lowest BCUT2D eigenvalue weighted by atomic mass is 9.56. The van der Waals surface area contributed by atoms with Crippen LogP contribution in [0.1, 0.15) is 63.8 Å². The summed E-state index contributed by atoms with van der Waals surface area (Å²) in [5.74, 6) is 8.21. The minimum atomic E-state index is -0.00945. The summed E-state index contributed by atoms with van der Waals surface area (Å²) in [6, 6.07) is 56.4. The van der Waals surface area contributed by atoms with Crippen molar-refractivity contribution in [1.29, 1.82) is 0 Å². The fourth-order valence-electron chi connectivity index (χ4n) is 9.54. The maximum atomic E-state index is 6.79. The number of allylic oxidation sites excluding steroid dienone is 4. The Morgan fingerprint density at radius 2 is 1.25 bits per heavy atom. The second-order valence-electron chi connectivity index (χ2n) is 19.4. The van der Waals surface area contributed by atoms with Gasteiger partial charge in [-0.3, -0.25) is 4.57 Å². The standard InChI is InChI=1S/C58H52BN5O/c1-57(2,3)43-25-23-40(24-26-43)42-29-32-59-33-30-48(41-15-8-7-9-16-41)56(63(59)38-42)62-39-61(52-21-12-13-22-53(52)62)45-17-14-18-46(36-45)65-47-27-28-50-49-19-10-11-20-51(49)64(54(50)37-47)55-35-44(31-34-60-55)58(4,5)6/h7-38H,39H2,1-6H3. The molecule has 0 saturated heterocycles. The Morgan fingerprint density at radius 3 is 2.03 bits per heavy atom. The van der Waals surface area contributed by atoms with Crippen LogP contribution >= 0.6 is 0 Å². The maximum absolute atomic E-state index is 6.79. The minimum absolute atomic E-state index is 0.00945. The van der Waals surface area contributed by atoms with Crippen LogP contribution < -0.4 is 14.5 Å². The lowest BCUT2D eigenvalue weighted by Gasteiger charge is -2.40. The number of anilines is 3. The zero-order valence-electron chi connectivity index (χ0n) is 37.9. The van der Waals surface area contributed by atoms with E-state index in [9.17, 15) is 0 Å². The SMILES string of the molecule is CC(C)(C)c1ccc(C2=CN3B(C=C2)C=CC(c2ccccc2)=C3N2CN(c3cccc(Oc4ccc5c6ccccc6n(-c6cc(C(C)(C)C)ccn6)c5c4)c3)c3ccccc32)cc1. The summed E-state index contributed by atoms with van der Waals surface area (Å²) >= 11 is 0. The van der Waals surface area contributed by atoms with Crippen molar-refractivity contribution in [3.63, 3.8) is 0 Å². The van der Waals surface area contributed by atoms with Crippen LogP contribution in [-0.4, -0.2) is 27.9 Å². The molecule has 0 atom stereocenters. The predicted octanol–water partition coefficient (Wildman–Crippen LogP) is 14.4. The highest BCUT2D eigenvalue weighted by Gasteiger charge is 2.37. The van der Waals surface area contributed by atoms with E-state index in [2.05, 4.69) is 243 Å². The van der Waals surface area contributed by atoms with Crippen molar-refractivity contribution in [3.05, 3.63) is 222 Å². The molecule has 0 fully saturated rings. The van der Waals surface area contributed by atoms with Gasteiger partial charge >= 0.3 is 6.85 Å². The zero-order valence-corrected chi connectivity index (χ0v) is 37.9. The lowest BCUT2D eigenvalue weighted by molar-refractivity contribution is 0.483. The molecule has 2 aromatic heterocycles. The van der Waals surface area contributed by atoms with Gasteiger partial charge in [0.15, 0.2) is 0 Å². The number of hydrogen-bond acceptors (Lipinski definition) is 5. The van der Waals surface area contributed by atoms with Crippen LogP contribution in [0.15, 0.2) is 200 Å². The molecule has 0 bridgehead atoms. The summed E-state index contributed by atoms with van der Waals surface area (Å²) in [6.45, 7) is 14.2. The monoisotopic (exact) mass is 845 g/mol. The van der Waals surface area contributed by atoms with E-state index in [0.717, 1.165) is 56.6 Å². The van der Waals surface area contributed by atoms with Crippen molar-refractivity contribution in [1.82, 2.24) is 14.4 Å². The van der Waals surface area contributed by atoms with Gasteiger partial charge in [0.2, 0.25) is 0 Å². The van der Waals surface area contributed by atoms with Gasteiger partial charge in [-0.25, -0.2) is 4.98 Å². The molecule has 0 radical (unpaired) electrons. The van der Waals surface area contributed by atoms with Crippen molar-refractivity contribution in [2.45, 2.75) is 52.4 Å². The topological polar surface area (TPSA) is 36.8 Å². The molecule has 3 aliphatic rings. The molecule has 65 heavy (non-hydrogen) atoms. The van der Waals surface area contributed by atoms with Crippen molar-refractivity contribution in [2.75, 3.05) is 16.5 Å². The summed E-state index contributed by atoms with van der Waals surface area (Å²) in [6.07, 6.45) is 8.84. The number of benzene rings is 6. The highest BCUT2D eigenvalue weighted by molar-refractivity contribution is 6.68. The van der Waals surface area contributed by atoms with Gasteiger partial charge in [0.1, 0.15) is 29.8 Å². The van der Waals surface area contributed by atoms with E-state index in [-0.39, 0.29) is 17.7 Å². The fraction of sp³-hybridized carbons (Fsp3) is 0.155. The maximum Gasteiger partial charge on any atom is 0.314 e. The van der Waals surface area contributed by atoms with Crippen molar-refractivity contribution in [2.24, 2.45) is 0 Å². The molecule has 0 unspecified atom stereocenters. The van der Waals surface area contributed by atoms with Gasteiger partial charge in [0.05, 0.1) is 22.4 Å². The highest BCUT2D eigenvalue weighted by Crippen LogP contribution is 2.47. The molecule has 11 rings (SSSR count). The number of fused-ring (bicyclic) bond motifs is 5. The number of ether oxygens (including phenoxy) is 1. The summed E-state index contributed by atoms with van der Waals surface area (Å²) in [7, 11) is 0. The molecule has 6 aromatic carbocycles. The van der Waals surface area contributed by atoms with Gasteiger partial charge in [-0.15, -0.1) is 0 Å². The van der Waals surface area contributed by atoms with Crippen LogP contribution in [0.25, 0.3) is 38.8 Å². The second kappa shape index (κ2) is 15.6. The average Bonchev–Trinajstić information content (AvgIpc) is 3.87. The van der Waals surface area contributed by atoms with Crippen molar-refractivity contribution in [3.8, 4) is 17.3 Å². The molecule has 0 spiro atoms. The van der Waals surface area contributed by atoms with Gasteiger partial charge in [-0.1, -0.05) is 157 Å². The molecule has 0 saturated carbocycles. The number of aromatic nitrogens is 2. The summed E-state index contributed by atoms with van der Waals surface area (Å²) in [5, 5.41) is 2.34. The average molecular weight is 846 g/mol. The summed E-state index contributed by atoms with van der Waals surface area (Å²) in [5.41, 5.74) is 12.9. The van der Waals surface area contributed by atoms with Gasteiger partial charge in [-0.05, 0) is 93.3 Å². The molecular weight excluding hydrogens is 793 g/mol. The van der Waals surface area contributed by atoms with Crippen LogP contribution in [0.5, 0.6) is 11.5 Å². The molecule has 0 amide bonds. The first-order valence-corrected chi connectivity index (χ1v) is 22.7. The first kappa shape index (κ1) is 40.3. The smallest absolute Gasteiger partial charge is 0.314 e. The third-order valence-electron chi connectivity index (χ3n) is 13.0. The molecule has 7 heteroatoms. The normalized spacial score (nSPS) is 15.0. The Bertz CT molecular complexity index is 3250. The van der Waals surface area contributed by atoms with Crippen LogP contribution in [0.4, 0.5) is 17.1 Å². The number of rotatable bonds is 7. The Hall–Kier alpha value is -7.51. The largest absolute Gasteiger partial charge is 0.457 e. The van der Waals surface area contributed by atoms with E-state index < -0.39 is 0 Å². The van der Waals surface area contributed by atoms with E-state index in [4.69, 9.17) is 9.72 Å². The Morgan fingerprint density at radius 1 is 0.554 bits per heavy atom. The van der Waals surface area contributed by atoms with E-state index in [1.54, 1.807) is 0 Å². The predicted molar refractivity (Wildman–Crippen MR) is 272 cm³/mol. The van der Waals surface area contributed by atoms with Crippen LogP contribution in [0.3, 0.4) is 0 Å². The molecule has 318 valence electrons. The van der Waals surface area contributed by atoms with Gasteiger partial charge in [0, 0.05) is 46.6 Å². The lowest BCUT2D eigenvalue weighted by Crippen LogP contribution is -2.44. The summed E-state index contributed by atoms with van der Waals surface area (Å²) < 4.78 is 9.06. The number of para-hydroxylation sites is 3. The van der Waals surface area contributed by atoms with Crippen LogP contribution in [-0.2, 0) is 10.8 Å². The van der Waals surface area contributed by atoms with E-state index in [0.29, 0.717) is 6.67 Å². The third kappa shape index (κ3) is 7.31. The number of pyridine rings is 1. The van der Waals surface area contributed by atoms with Crippen LogP contribution in [0, 0.1) is 0 Å². The van der Waals surface area contributed by atoms with E-state index in [1.807, 2.05) is 12.3 Å². The van der Waals surface area contributed by atoms with E-state index >= 15 is 0 Å². The quantitative estimate of drug-likeness (QED) is 0.149. The summed E-state index contributed by atoms with van der Waals surface area (Å²) in [4.78, 5) is 12.2. The van der Waals surface area contributed by atoms with E-state index in [1.165, 1.54) is 38.8 Å². The number of hydrogen-bond donors (Lipinski definition) is 0. The number of nitrogens with zero attached hydrogens (tertiary/aromatic N) is 5. The Balaban J connectivity index is 0.955. The highest BCUT2D eigenvalue weighted by atomic mass is 16.5. The Labute approximate surface area is 382 Å². The molecule has 6 nitrogen and oxygen atoms in total. The van der Waals surface area contributed by atoms with Crippen molar-refractivity contribution >= 4 is 56.9 Å². The van der Waals surface area contributed by atoms with Gasteiger partial charge in [0.25, 0.3) is 0 Å². The second-order valence-corrected chi connectivity index (χ2v) is 19.4. The Kier molecular flexibility index (Phi) is 9.69. The zero-order chi connectivity index (χ0) is 44.5. The molecule has 5 heterocycles. The third-order valence-corrected chi connectivity index (χ3v) is 13.0. The van der Waals surface area contributed by atoms with Crippen LogP contribution in [0.2, 0.25) is 0 Å². The molecule has 0 N–H and O–H groups in total. The van der Waals surface area contributed by atoms with Crippen molar-refractivity contribution < 1.29 is 4.74 Å². The molecule has 8 aromatic rings. The molecule has 0 aliphatic carbocycles. The first-order valence-electron chi connectivity index (χ1n) is 22.7. The van der Waals surface area contributed by atoms with Gasteiger partial charge in [-0.2, -0.15) is 0 Å². The fourth-order valence-corrected chi connectivity index (χ4v) is 9.54.